The fraction of sp³-hybridized carbons (Fsp3) is 0.571. The zero-order valence-corrected chi connectivity index (χ0v) is 12.8. The number of nitrogens with zero attached hydrogens (tertiary/aromatic N) is 3. The summed E-state index contributed by atoms with van der Waals surface area (Å²) in [4.78, 5) is 14.4. The average molecular weight is 290 g/mol. The van der Waals surface area contributed by atoms with Crippen LogP contribution in [0.4, 0.5) is 5.82 Å². The van der Waals surface area contributed by atoms with Gasteiger partial charge in [-0.3, -0.25) is 9.83 Å². The Morgan fingerprint density at radius 1 is 1.38 bits per heavy atom. The molecule has 4 atom stereocenters. The molecule has 0 spiro atoms. The van der Waals surface area contributed by atoms with Gasteiger partial charge in [-0.25, -0.2) is 4.98 Å². The van der Waals surface area contributed by atoms with E-state index >= 15 is 0 Å². The lowest BCUT2D eigenvalue weighted by molar-refractivity contribution is 0.0293. The predicted octanol–water partition coefficient (Wildman–Crippen LogP) is 0.992. The molecule has 7 nitrogen and oxygen atoms in total. The molecule has 1 saturated heterocycles. The van der Waals surface area contributed by atoms with Crippen LogP contribution < -0.4 is 16.1 Å². The number of anilines is 1. The van der Waals surface area contributed by atoms with E-state index in [4.69, 9.17) is 4.84 Å². The van der Waals surface area contributed by atoms with E-state index in [1.807, 2.05) is 17.8 Å². The summed E-state index contributed by atoms with van der Waals surface area (Å²) in [5.41, 5.74) is 4.22. The molecule has 0 amide bonds. The van der Waals surface area contributed by atoms with Crippen molar-refractivity contribution in [3.8, 4) is 0 Å². The van der Waals surface area contributed by atoms with E-state index in [0.717, 1.165) is 11.6 Å². The molecular weight excluding hydrogens is 268 g/mol. The van der Waals surface area contributed by atoms with Crippen LogP contribution in [0.25, 0.3) is 0 Å². The van der Waals surface area contributed by atoms with E-state index in [2.05, 4.69) is 46.9 Å². The van der Waals surface area contributed by atoms with Crippen LogP contribution in [-0.2, 0) is 11.9 Å². The van der Waals surface area contributed by atoms with Gasteiger partial charge in [0.15, 0.2) is 0 Å². The van der Waals surface area contributed by atoms with Gasteiger partial charge in [-0.1, -0.05) is 0 Å². The van der Waals surface area contributed by atoms with Crippen LogP contribution in [-0.4, -0.2) is 34.1 Å². The van der Waals surface area contributed by atoms with Gasteiger partial charge in [-0.15, -0.1) is 0 Å². The molecule has 0 aromatic carbocycles. The Bertz CT molecular complexity index is 568. The maximum absolute atomic E-state index is 5.53. The minimum atomic E-state index is 0.0949. The van der Waals surface area contributed by atoms with E-state index in [0.29, 0.717) is 5.92 Å². The fourth-order valence-corrected chi connectivity index (χ4v) is 2.99. The summed E-state index contributed by atoms with van der Waals surface area (Å²) in [6.45, 7) is 6.31. The van der Waals surface area contributed by atoms with Crippen molar-refractivity contribution < 1.29 is 4.84 Å². The highest BCUT2D eigenvalue weighted by molar-refractivity contribution is 5.63. The molecule has 4 unspecified atom stereocenters. The Labute approximate surface area is 124 Å². The summed E-state index contributed by atoms with van der Waals surface area (Å²) >= 11 is 0. The minimum Gasteiger partial charge on any atom is -0.338 e. The largest absolute Gasteiger partial charge is 0.338 e. The number of imidazole rings is 1. The summed E-state index contributed by atoms with van der Waals surface area (Å²) in [6.07, 6.45) is 5.59. The predicted molar refractivity (Wildman–Crippen MR) is 81.6 cm³/mol. The number of aryl methyl sites for hydroxylation is 1. The maximum atomic E-state index is 5.53. The quantitative estimate of drug-likeness (QED) is 0.774. The Kier molecular flexibility index (Phi) is 3.69. The van der Waals surface area contributed by atoms with Crippen LogP contribution in [0.5, 0.6) is 0 Å². The molecule has 0 aliphatic carbocycles. The molecule has 3 N–H and O–H groups in total. The molecule has 1 fully saturated rings. The van der Waals surface area contributed by atoms with Crippen molar-refractivity contribution in [3.63, 3.8) is 0 Å². The van der Waals surface area contributed by atoms with E-state index < -0.39 is 0 Å². The standard InChI is InChI=1S/C14H22N6O/c1-8-13(12-9(2)19-21-10(12)3)15-6-16-14(8)18-11-5-20(4)7-17-11/h5-7,9-10,12-13,18-19H,1-4H3,(H,15,16). The normalized spacial score (nSPS) is 32.4. The Morgan fingerprint density at radius 3 is 2.81 bits per heavy atom. The highest BCUT2D eigenvalue weighted by Gasteiger charge is 2.39. The van der Waals surface area contributed by atoms with Crippen LogP contribution in [0.1, 0.15) is 20.8 Å². The number of aromatic nitrogens is 2. The average Bonchev–Trinajstić information content (AvgIpc) is 3.00. The number of aliphatic imine (C=N–C) groups is 1. The zero-order chi connectivity index (χ0) is 15.0. The Hall–Kier alpha value is -1.86. The third-order valence-corrected chi connectivity index (χ3v) is 4.16. The first-order valence-corrected chi connectivity index (χ1v) is 7.21. The topological polar surface area (TPSA) is 75.5 Å². The van der Waals surface area contributed by atoms with Gasteiger partial charge < -0.3 is 15.2 Å². The fourth-order valence-electron chi connectivity index (χ4n) is 2.99. The summed E-state index contributed by atoms with van der Waals surface area (Å²) in [5.74, 6) is 2.07. The van der Waals surface area contributed by atoms with Crippen molar-refractivity contribution in [1.29, 1.82) is 0 Å². The second kappa shape index (κ2) is 5.50. The number of rotatable bonds is 3. The first-order valence-electron chi connectivity index (χ1n) is 7.21. The van der Waals surface area contributed by atoms with Gasteiger partial charge in [-0.05, 0) is 26.3 Å². The van der Waals surface area contributed by atoms with Crippen LogP contribution in [0, 0.1) is 5.92 Å². The Morgan fingerprint density at radius 2 is 2.19 bits per heavy atom. The number of hydrogen-bond acceptors (Lipinski definition) is 6. The molecule has 2 aliphatic heterocycles. The second-order valence-electron chi connectivity index (χ2n) is 5.78. The molecule has 3 heterocycles. The molecule has 0 radical (unpaired) electrons. The van der Waals surface area contributed by atoms with Gasteiger partial charge in [0, 0.05) is 25.2 Å². The van der Waals surface area contributed by atoms with Gasteiger partial charge in [0.25, 0.3) is 0 Å². The van der Waals surface area contributed by atoms with Gasteiger partial charge in [0.1, 0.15) is 11.6 Å². The van der Waals surface area contributed by atoms with Gasteiger partial charge >= 0.3 is 0 Å². The first kappa shape index (κ1) is 14.1. The minimum absolute atomic E-state index is 0.0949. The molecule has 1 aromatic rings. The highest BCUT2D eigenvalue weighted by atomic mass is 16.7. The first-order chi connectivity index (χ1) is 10.1. The second-order valence-corrected chi connectivity index (χ2v) is 5.78. The summed E-state index contributed by atoms with van der Waals surface area (Å²) < 4.78 is 1.91. The maximum Gasteiger partial charge on any atom is 0.149 e. The molecule has 7 heteroatoms. The van der Waals surface area contributed by atoms with Crippen molar-refractivity contribution in [2.75, 3.05) is 5.32 Å². The lowest BCUT2D eigenvalue weighted by Gasteiger charge is -2.29. The lowest BCUT2D eigenvalue weighted by atomic mass is 9.85. The van der Waals surface area contributed by atoms with E-state index in [1.165, 1.54) is 5.57 Å². The smallest absolute Gasteiger partial charge is 0.149 e. The zero-order valence-electron chi connectivity index (χ0n) is 12.8. The summed E-state index contributed by atoms with van der Waals surface area (Å²) in [7, 11) is 1.95. The molecule has 0 saturated carbocycles. The van der Waals surface area contributed by atoms with E-state index in [-0.39, 0.29) is 18.2 Å². The number of hydrogen-bond donors (Lipinski definition) is 3. The van der Waals surface area contributed by atoms with Crippen molar-refractivity contribution in [3.05, 3.63) is 23.9 Å². The van der Waals surface area contributed by atoms with Crippen LogP contribution in [0.2, 0.25) is 0 Å². The van der Waals surface area contributed by atoms with E-state index in [9.17, 15) is 0 Å². The van der Waals surface area contributed by atoms with Crippen molar-refractivity contribution in [2.45, 2.75) is 39.0 Å². The molecule has 2 aliphatic rings. The summed E-state index contributed by atoms with van der Waals surface area (Å²) in [6, 6.07) is 0.365. The number of nitrogens with one attached hydrogen (secondary N) is 3. The van der Waals surface area contributed by atoms with Crippen molar-refractivity contribution in [2.24, 2.45) is 18.0 Å². The van der Waals surface area contributed by atoms with Crippen LogP contribution in [0.15, 0.2) is 28.9 Å². The van der Waals surface area contributed by atoms with Gasteiger partial charge in [-0.2, -0.15) is 5.48 Å². The molecule has 114 valence electrons. The molecular formula is C14H22N6O. The van der Waals surface area contributed by atoms with Crippen molar-refractivity contribution in [1.82, 2.24) is 20.3 Å². The SMILES string of the molecule is CC1=C(Nc2cn(C)cn2)NC=NC1C1C(C)NOC1C. The third kappa shape index (κ3) is 2.66. The number of hydroxylamine groups is 1. The summed E-state index contributed by atoms with van der Waals surface area (Å²) in [5, 5.41) is 6.49. The Balaban J connectivity index is 1.82. The van der Waals surface area contributed by atoms with Gasteiger partial charge in [0.2, 0.25) is 0 Å². The lowest BCUT2D eigenvalue weighted by Crippen LogP contribution is -2.39. The highest BCUT2D eigenvalue weighted by Crippen LogP contribution is 2.30. The van der Waals surface area contributed by atoms with E-state index in [1.54, 1.807) is 12.7 Å². The van der Waals surface area contributed by atoms with Gasteiger partial charge in [0.05, 0.1) is 24.8 Å². The third-order valence-electron chi connectivity index (χ3n) is 4.16. The molecule has 3 rings (SSSR count). The van der Waals surface area contributed by atoms with Crippen molar-refractivity contribution >= 4 is 12.2 Å². The van der Waals surface area contributed by atoms with Crippen LogP contribution >= 0.6 is 0 Å². The molecule has 0 bridgehead atoms. The van der Waals surface area contributed by atoms with Crippen LogP contribution in [0.3, 0.4) is 0 Å². The monoisotopic (exact) mass is 290 g/mol. The molecule has 21 heavy (non-hydrogen) atoms. The molecule has 1 aromatic heterocycles.